The molecule has 0 N–H and O–H groups in total. The van der Waals surface area contributed by atoms with E-state index in [4.69, 9.17) is 4.74 Å². The second-order valence-electron chi connectivity index (χ2n) is 2.52. The molecule has 0 saturated carbocycles. The normalized spacial score (nSPS) is 9.64. The van der Waals surface area contributed by atoms with Crippen molar-refractivity contribution in [3.8, 4) is 5.75 Å². The molecule has 4 nitrogen and oxygen atoms in total. The largest absolute Gasteiger partial charge is 0.513 e. The van der Waals surface area contributed by atoms with E-state index in [1.807, 2.05) is 0 Å². The average molecular weight is 260 g/mol. The monoisotopic (exact) mass is 259 g/mol. The van der Waals surface area contributed by atoms with Gasteiger partial charge in [0.15, 0.2) is 5.75 Å². The maximum absolute atomic E-state index is 11.0. The lowest BCUT2D eigenvalue weighted by molar-refractivity contribution is 0.104. The molecule has 0 spiro atoms. The number of hydrogen-bond donors (Lipinski definition) is 0. The van der Waals surface area contributed by atoms with Gasteiger partial charge in [-0.25, -0.2) is 4.79 Å². The molecule has 0 atom stereocenters. The molecule has 5 heteroatoms. The van der Waals surface area contributed by atoms with E-state index >= 15 is 0 Å². The zero-order valence-electron chi connectivity index (χ0n) is 7.91. The molecule has 0 unspecified atom stereocenters. The Bertz CT molecular complexity index is 341. The van der Waals surface area contributed by atoms with E-state index in [0.717, 1.165) is 4.47 Å². The van der Waals surface area contributed by atoms with Crippen molar-refractivity contribution in [2.45, 2.75) is 13.8 Å². The van der Waals surface area contributed by atoms with E-state index in [1.165, 1.54) is 0 Å². The van der Waals surface area contributed by atoms with Crippen LogP contribution in [-0.4, -0.2) is 17.7 Å². The van der Waals surface area contributed by atoms with Crippen LogP contribution in [-0.2, 0) is 4.74 Å². The molecule has 0 aliphatic rings. The number of aromatic nitrogens is 1. The molecule has 0 fully saturated rings. The van der Waals surface area contributed by atoms with Crippen LogP contribution in [0.2, 0.25) is 0 Å². The van der Waals surface area contributed by atoms with Crippen molar-refractivity contribution in [3.05, 3.63) is 22.4 Å². The fraction of sp³-hybridized carbons (Fsp3) is 0.333. The Hall–Kier alpha value is -1.10. The lowest BCUT2D eigenvalue weighted by Crippen LogP contribution is -2.11. The Morgan fingerprint density at radius 2 is 2.36 bits per heavy atom. The molecule has 0 amide bonds. The minimum atomic E-state index is -0.712. The zero-order chi connectivity index (χ0) is 10.6. The van der Waals surface area contributed by atoms with Crippen LogP contribution < -0.4 is 4.74 Å². The van der Waals surface area contributed by atoms with Gasteiger partial charge in [-0.05, 0) is 35.8 Å². The molecule has 0 aliphatic heterocycles. The summed E-state index contributed by atoms with van der Waals surface area (Å²) < 4.78 is 10.3. The van der Waals surface area contributed by atoms with Gasteiger partial charge in [-0.2, -0.15) is 0 Å². The van der Waals surface area contributed by atoms with Crippen LogP contribution in [0.3, 0.4) is 0 Å². The quantitative estimate of drug-likeness (QED) is 0.767. The number of hydrogen-bond acceptors (Lipinski definition) is 4. The van der Waals surface area contributed by atoms with Gasteiger partial charge >= 0.3 is 6.16 Å². The summed E-state index contributed by atoms with van der Waals surface area (Å²) in [5.41, 5.74) is 0.640. The zero-order valence-corrected chi connectivity index (χ0v) is 9.50. The van der Waals surface area contributed by atoms with E-state index in [0.29, 0.717) is 18.1 Å². The molecule has 1 rings (SSSR count). The topological polar surface area (TPSA) is 48.4 Å². The first-order chi connectivity index (χ1) is 6.63. The molecule has 0 radical (unpaired) electrons. The van der Waals surface area contributed by atoms with Crippen LogP contribution in [0, 0.1) is 6.92 Å². The fourth-order valence-corrected chi connectivity index (χ4v) is 1.14. The second-order valence-corrected chi connectivity index (χ2v) is 3.44. The molecule has 0 saturated heterocycles. The van der Waals surface area contributed by atoms with Crippen LogP contribution in [0.1, 0.15) is 12.6 Å². The second kappa shape index (κ2) is 4.95. The fourth-order valence-electron chi connectivity index (χ4n) is 0.829. The third-order valence-corrected chi connectivity index (χ3v) is 1.90. The Kier molecular flexibility index (Phi) is 3.88. The summed E-state index contributed by atoms with van der Waals surface area (Å²) in [6.07, 6.45) is 0.920. The predicted molar refractivity (Wildman–Crippen MR) is 54.3 cm³/mol. The number of rotatable bonds is 2. The highest BCUT2D eigenvalue weighted by Gasteiger charge is 2.08. The van der Waals surface area contributed by atoms with Crippen molar-refractivity contribution in [1.82, 2.24) is 4.98 Å². The van der Waals surface area contributed by atoms with Crippen LogP contribution in [0.25, 0.3) is 0 Å². The van der Waals surface area contributed by atoms with Crippen molar-refractivity contribution in [1.29, 1.82) is 0 Å². The van der Waals surface area contributed by atoms with Gasteiger partial charge in [0.1, 0.15) is 0 Å². The van der Waals surface area contributed by atoms with Crippen molar-refractivity contribution in [3.63, 3.8) is 0 Å². The number of carbonyl (C=O) groups is 1. The molecule has 0 bridgehead atoms. The summed E-state index contributed by atoms with van der Waals surface area (Å²) in [6.45, 7) is 3.76. The third kappa shape index (κ3) is 2.99. The van der Waals surface area contributed by atoms with Gasteiger partial charge in [-0.3, -0.25) is 4.98 Å². The van der Waals surface area contributed by atoms with Gasteiger partial charge in [0.05, 0.1) is 12.3 Å². The number of carbonyl (C=O) groups excluding carboxylic acids is 1. The molecule has 76 valence electrons. The Labute approximate surface area is 90.4 Å². The van der Waals surface area contributed by atoms with E-state index in [-0.39, 0.29) is 0 Å². The summed E-state index contributed by atoms with van der Waals surface area (Å²) in [6, 6.07) is 1.67. The lowest BCUT2D eigenvalue weighted by Gasteiger charge is -2.06. The molecule has 1 aromatic rings. The predicted octanol–water partition coefficient (Wildman–Crippen LogP) is 2.69. The van der Waals surface area contributed by atoms with Gasteiger partial charge in [-0.15, -0.1) is 0 Å². The van der Waals surface area contributed by atoms with E-state index in [9.17, 15) is 4.79 Å². The van der Waals surface area contributed by atoms with Crippen molar-refractivity contribution in [2.75, 3.05) is 6.61 Å². The first-order valence-electron chi connectivity index (χ1n) is 4.10. The standard InChI is InChI=1S/C9H10BrNO3/c1-3-13-9(12)14-8-4-7(10)5-11-6(8)2/h4-5H,3H2,1-2H3. The average Bonchev–Trinajstić information content (AvgIpc) is 2.12. The van der Waals surface area contributed by atoms with Gasteiger partial charge in [0.2, 0.25) is 0 Å². The van der Waals surface area contributed by atoms with Crippen LogP contribution in [0.5, 0.6) is 5.75 Å². The Balaban J connectivity index is 2.75. The Morgan fingerprint density at radius 3 is 3.00 bits per heavy atom. The number of nitrogens with zero attached hydrogens (tertiary/aromatic N) is 1. The molecule has 14 heavy (non-hydrogen) atoms. The summed E-state index contributed by atoms with van der Waals surface area (Å²) in [7, 11) is 0. The highest BCUT2D eigenvalue weighted by Crippen LogP contribution is 2.20. The van der Waals surface area contributed by atoms with Crippen LogP contribution in [0.4, 0.5) is 4.79 Å². The first-order valence-corrected chi connectivity index (χ1v) is 4.89. The van der Waals surface area contributed by atoms with Crippen LogP contribution in [0.15, 0.2) is 16.7 Å². The molecule has 1 heterocycles. The highest BCUT2D eigenvalue weighted by atomic mass is 79.9. The van der Waals surface area contributed by atoms with E-state index in [2.05, 4.69) is 25.7 Å². The summed E-state index contributed by atoms with van der Waals surface area (Å²) in [5.74, 6) is 0.401. The summed E-state index contributed by atoms with van der Waals surface area (Å²) in [4.78, 5) is 15.0. The minimum absolute atomic E-state index is 0.291. The lowest BCUT2D eigenvalue weighted by atomic mass is 10.3. The van der Waals surface area contributed by atoms with Gasteiger partial charge in [-0.1, -0.05) is 0 Å². The van der Waals surface area contributed by atoms with Crippen LogP contribution >= 0.6 is 15.9 Å². The molecule has 1 aromatic heterocycles. The number of halogens is 1. The molecule has 0 aromatic carbocycles. The molecule has 0 aliphatic carbocycles. The van der Waals surface area contributed by atoms with Gasteiger partial charge in [0.25, 0.3) is 0 Å². The number of pyridine rings is 1. The first kappa shape index (κ1) is 11.0. The maximum atomic E-state index is 11.0. The summed E-state index contributed by atoms with van der Waals surface area (Å²) in [5, 5.41) is 0. The Morgan fingerprint density at radius 1 is 1.64 bits per heavy atom. The van der Waals surface area contributed by atoms with Crippen molar-refractivity contribution in [2.24, 2.45) is 0 Å². The van der Waals surface area contributed by atoms with Gasteiger partial charge in [0, 0.05) is 10.7 Å². The third-order valence-electron chi connectivity index (χ3n) is 1.46. The van der Waals surface area contributed by atoms with Gasteiger partial charge < -0.3 is 9.47 Å². The minimum Gasteiger partial charge on any atom is -0.434 e. The molecular weight excluding hydrogens is 250 g/mol. The number of ether oxygens (including phenoxy) is 2. The van der Waals surface area contributed by atoms with E-state index < -0.39 is 6.16 Å². The smallest absolute Gasteiger partial charge is 0.434 e. The van der Waals surface area contributed by atoms with Crippen molar-refractivity contribution < 1.29 is 14.3 Å². The SMILES string of the molecule is CCOC(=O)Oc1cc(Br)cnc1C. The molecular formula is C9H10BrNO3. The van der Waals surface area contributed by atoms with E-state index in [1.54, 1.807) is 26.1 Å². The highest BCUT2D eigenvalue weighted by molar-refractivity contribution is 9.10. The number of aryl methyl sites for hydroxylation is 1. The summed E-state index contributed by atoms with van der Waals surface area (Å²) >= 11 is 3.23. The maximum Gasteiger partial charge on any atom is 0.513 e. The van der Waals surface area contributed by atoms with Crippen molar-refractivity contribution >= 4 is 22.1 Å².